The standard InChI is InChI=1S/C11H12N2O4S/c14-5-7(6-15)12-11(16)8-4-9(17-13-8)10-2-1-3-18-10/h1-4,7,14-15H,5-6H2,(H,12,16). The quantitative estimate of drug-likeness (QED) is 0.733. The molecule has 0 saturated heterocycles. The van der Waals surface area contributed by atoms with E-state index in [0.717, 1.165) is 4.88 Å². The van der Waals surface area contributed by atoms with Gasteiger partial charge in [0.2, 0.25) is 0 Å². The van der Waals surface area contributed by atoms with Gasteiger partial charge in [0.25, 0.3) is 5.91 Å². The Balaban J connectivity index is 2.08. The number of nitrogens with one attached hydrogen (secondary N) is 1. The van der Waals surface area contributed by atoms with Crippen molar-refractivity contribution in [1.29, 1.82) is 0 Å². The topological polar surface area (TPSA) is 95.6 Å². The summed E-state index contributed by atoms with van der Waals surface area (Å²) in [5, 5.41) is 25.7. The van der Waals surface area contributed by atoms with Gasteiger partial charge in [-0.1, -0.05) is 11.2 Å². The fourth-order valence-corrected chi connectivity index (χ4v) is 2.00. The Morgan fingerprint density at radius 3 is 2.89 bits per heavy atom. The number of aliphatic hydroxyl groups is 2. The monoisotopic (exact) mass is 268 g/mol. The molecule has 0 unspecified atom stereocenters. The van der Waals surface area contributed by atoms with Crippen molar-refractivity contribution in [2.75, 3.05) is 13.2 Å². The maximum Gasteiger partial charge on any atom is 0.273 e. The third-order valence-corrected chi connectivity index (χ3v) is 3.17. The molecular formula is C11H12N2O4S. The van der Waals surface area contributed by atoms with E-state index in [1.807, 2.05) is 17.5 Å². The van der Waals surface area contributed by atoms with Crippen LogP contribution in [0.15, 0.2) is 28.1 Å². The number of carbonyl (C=O) groups is 1. The van der Waals surface area contributed by atoms with E-state index in [0.29, 0.717) is 5.76 Å². The van der Waals surface area contributed by atoms with Crippen molar-refractivity contribution in [2.45, 2.75) is 6.04 Å². The number of rotatable bonds is 5. The molecule has 0 atom stereocenters. The number of carbonyl (C=O) groups excluding carboxylic acids is 1. The molecule has 0 bridgehead atoms. The third-order valence-electron chi connectivity index (χ3n) is 2.28. The van der Waals surface area contributed by atoms with E-state index in [1.165, 1.54) is 17.4 Å². The van der Waals surface area contributed by atoms with Crippen LogP contribution in [-0.4, -0.2) is 40.5 Å². The number of aromatic nitrogens is 1. The summed E-state index contributed by atoms with van der Waals surface area (Å²) < 4.78 is 5.05. The number of nitrogens with zero attached hydrogens (tertiary/aromatic N) is 1. The van der Waals surface area contributed by atoms with Crippen molar-refractivity contribution in [1.82, 2.24) is 10.5 Å². The van der Waals surface area contributed by atoms with E-state index < -0.39 is 11.9 Å². The molecule has 2 aromatic rings. The summed E-state index contributed by atoms with van der Waals surface area (Å²) in [6.45, 7) is -0.671. The van der Waals surface area contributed by atoms with E-state index in [1.54, 1.807) is 0 Å². The van der Waals surface area contributed by atoms with E-state index >= 15 is 0 Å². The van der Waals surface area contributed by atoms with Gasteiger partial charge in [-0.15, -0.1) is 11.3 Å². The third kappa shape index (κ3) is 2.76. The van der Waals surface area contributed by atoms with Crippen molar-refractivity contribution < 1.29 is 19.5 Å². The Bertz CT molecular complexity index is 505. The van der Waals surface area contributed by atoms with Crippen LogP contribution in [0.3, 0.4) is 0 Å². The largest absolute Gasteiger partial charge is 0.394 e. The van der Waals surface area contributed by atoms with Crippen LogP contribution in [-0.2, 0) is 0 Å². The number of hydrogen-bond donors (Lipinski definition) is 3. The van der Waals surface area contributed by atoms with Gasteiger partial charge in [-0.25, -0.2) is 0 Å². The minimum absolute atomic E-state index is 0.116. The molecule has 0 aliphatic heterocycles. The highest BCUT2D eigenvalue weighted by Gasteiger charge is 2.17. The first-order valence-corrected chi connectivity index (χ1v) is 6.15. The number of hydrogen-bond acceptors (Lipinski definition) is 6. The first-order chi connectivity index (χ1) is 8.74. The molecule has 2 heterocycles. The normalized spacial score (nSPS) is 10.8. The van der Waals surface area contributed by atoms with Gasteiger partial charge in [-0.2, -0.15) is 0 Å². The lowest BCUT2D eigenvalue weighted by atomic mass is 10.3. The van der Waals surface area contributed by atoms with E-state index in [2.05, 4.69) is 10.5 Å². The zero-order valence-corrected chi connectivity index (χ0v) is 10.2. The fraction of sp³-hybridized carbons (Fsp3) is 0.273. The Hall–Kier alpha value is -1.70. The zero-order valence-electron chi connectivity index (χ0n) is 9.37. The SMILES string of the molecule is O=C(NC(CO)CO)c1cc(-c2cccs2)on1. The molecule has 18 heavy (non-hydrogen) atoms. The zero-order chi connectivity index (χ0) is 13.0. The molecule has 1 amide bonds. The van der Waals surface area contributed by atoms with Crippen LogP contribution in [0.2, 0.25) is 0 Å². The highest BCUT2D eigenvalue weighted by molar-refractivity contribution is 7.13. The Kier molecular flexibility index (Phi) is 4.08. The molecule has 2 rings (SSSR count). The average Bonchev–Trinajstić information content (AvgIpc) is 3.04. The molecule has 6 nitrogen and oxygen atoms in total. The van der Waals surface area contributed by atoms with Gasteiger partial charge in [-0.05, 0) is 11.4 Å². The lowest BCUT2D eigenvalue weighted by molar-refractivity contribution is 0.0870. The number of thiophene rings is 1. The Labute approximate surface area is 107 Å². The second kappa shape index (κ2) is 5.76. The van der Waals surface area contributed by atoms with Crippen LogP contribution in [0.1, 0.15) is 10.5 Å². The highest BCUT2D eigenvalue weighted by atomic mass is 32.1. The van der Waals surface area contributed by atoms with Crippen LogP contribution in [0.4, 0.5) is 0 Å². The predicted molar refractivity (Wildman–Crippen MR) is 65.2 cm³/mol. The lowest BCUT2D eigenvalue weighted by Crippen LogP contribution is -2.40. The molecule has 96 valence electrons. The first kappa shape index (κ1) is 12.7. The molecular weight excluding hydrogens is 256 g/mol. The second-order valence-corrected chi connectivity index (χ2v) is 4.54. The first-order valence-electron chi connectivity index (χ1n) is 5.27. The van der Waals surface area contributed by atoms with Gasteiger partial charge >= 0.3 is 0 Å². The summed E-state index contributed by atoms with van der Waals surface area (Å²) in [5.41, 5.74) is 0.116. The average molecular weight is 268 g/mol. The predicted octanol–water partition coefficient (Wildman–Crippen LogP) is 0.486. The van der Waals surface area contributed by atoms with Crippen LogP contribution < -0.4 is 5.32 Å². The van der Waals surface area contributed by atoms with E-state index in [9.17, 15) is 4.79 Å². The maximum absolute atomic E-state index is 11.7. The van der Waals surface area contributed by atoms with Gasteiger partial charge in [0.05, 0.1) is 24.1 Å². The minimum Gasteiger partial charge on any atom is -0.394 e. The Morgan fingerprint density at radius 2 is 2.28 bits per heavy atom. The summed E-state index contributed by atoms with van der Waals surface area (Å²) in [6, 6.07) is 4.55. The number of aliphatic hydroxyl groups excluding tert-OH is 2. The van der Waals surface area contributed by atoms with Crippen LogP contribution in [0, 0.1) is 0 Å². The summed E-state index contributed by atoms with van der Waals surface area (Å²) in [4.78, 5) is 12.6. The summed E-state index contributed by atoms with van der Waals surface area (Å²) >= 11 is 1.48. The summed E-state index contributed by atoms with van der Waals surface area (Å²) in [7, 11) is 0. The van der Waals surface area contributed by atoms with Crippen molar-refractivity contribution in [3.63, 3.8) is 0 Å². The maximum atomic E-state index is 11.7. The van der Waals surface area contributed by atoms with Crippen molar-refractivity contribution in [3.05, 3.63) is 29.3 Å². The second-order valence-electron chi connectivity index (χ2n) is 3.59. The molecule has 0 spiro atoms. The molecule has 0 radical (unpaired) electrons. The van der Waals surface area contributed by atoms with Gasteiger partial charge < -0.3 is 20.1 Å². The lowest BCUT2D eigenvalue weighted by Gasteiger charge is -2.11. The van der Waals surface area contributed by atoms with Crippen LogP contribution >= 0.6 is 11.3 Å². The molecule has 0 aliphatic carbocycles. The molecule has 0 aromatic carbocycles. The van der Waals surface area contributed by atoms with Crippen molar-refractivity contribution in [3.8, 4) is 10.6 Å². The summed E-state index contributed by atoms with van der Waals surface area (Å²) in [6.07, 6.45) is 0. The molecule has 0 fully saturated rings. The van der Waals surface area contributed by atoms with Crippen LogP contribution in [0.5, 0.6) is 0 Å². The van der Waals surface area contributed by atoms with Crippen molar-refractivity contribution in [2.24, 2.45) is 0 Å². The van der Waals surface area contributed by atoms with E-state index in [-0.39, 0.29) is 18.9 Å². The molecule has 3 N–H and O–H groups in total. The van der Waals surface area contributed by atoms with Gasteiger partial charge in [-0.3, -0.25) is 4.79 Å². The van der Waals surface area contributed by atoms with Crippen LogP contribution in [0.25, 0.3) is 10.6 Å². The fourth-order valence-electron chi connectivity index (χ4n) is 1.33. The highest BCUT2D eigenvalue weighted by Crippen LogP contribution is 2.24. The van der Waals surface area contributed by atoms with Crippen molar-refractivity contribution >= 4 is 17.2 Å². The molecule has 0 saturated carbocycles. The molecule has 0 aliphatic rings. The number of amides is 1. The Morgan fingerprint density at radius 1 is 1.50 bits per heavy atom. The van der Waals surface area contributed by atoms with E-state index in [4.69, 9.17) is 14.7 Å². The van der Waals surface area contributed by atoms with Gasteiger partial charge in [0.1, 0.15) is 0 Å². The smallest absolute Gasteiger partial charge is 0.273 e. The van der Waals surface area contributed by atoms with Gasteiger partial charge in [0.15, 0.2) is 11.5 Å². The van der Waals surface area contributed by atoms with Gasteiger partial charge in [0, 0.05) is 6.07 Å². The summed E-state index contributed by atoms with van der Waals surface area (Å²) in [5.74, 6) is 0.0225. The molecule has 7 heteroatoms. The molecule has 2 aromatic heterocycles. The minimum atomic E-state index is -0.695.